The molecule has 0 radical (unpaired) electrons. The summed E-state index contributed by atoms with van der Waals surface area (Å²) in [5, 5.41) is 22.4. The van der Waals surface area contributed by atoms with Crippen LogP contribution in [0.15, 0.2) is 83.9 Å². The SMILES string of the molecule is COc1ccc(-c2cc(-c3ccc(C)cc3)c(C#N)c(SCCC(=O)Nc3ccc(C(=O)O)cc3)n2)cc1. The maximum atomic E-state index is 12.5. The van der Waals surface area contributed by atoms with E-state index >= 15 is 0 Å². The summed E-state index contributed by atoms with van der Waals surface area (Å²) in [7, 11) is 1.61. The van der Waals surface area contributed by atoms with Crippen molar-refractivity contribution in [2.24, 2.45) is 0 Å². The molecule has 1 heterocycles. The number of anilines is 1. The van der Waals surface area contributed by atoms with Crippen LogP contribution in [0, 0.1) is 18.3 Å². The van der Waals surface area contributed by atoms with Gasteiger partial charge in [-0.1, -0.05) is 29.8 Å². The lowest BCUT2D eigenvalue weighted by Gasteiger charge is -2.13. The molecule has 0 aliphatic rings. The lowest BCUT2D eigenvalue weighted by molar-refractivity contribution is -0.115. The third-order valence-electron chi connectivity index (χ3n) is 5.83. The monoisotopic (exact) mass is 523 g/mol. The van der Waals surface area contributed by atoms with E-state index in [2.05, 4.69) is 11.4 Å². The molecular formula is C30H25N3O4S. The van der Waals surface area contributed by atoms with Crippen LogP contribution in [0.4, 0.5) is 5.69 Å². The number of thioether (sulfide) groups is 1. The van der Waals surface area contributed by atoms with Gasteiger partial charge in [-0.2, -0.15) is 5.26 Å². The highest BCUT2D eigenvalue weighted by Gasteiger charge is 2.17. The fraction of sp³-hybridized carbons (Fsp3) is 0.133. The van der Waals surface area contributed by atoms with Crippen LogP contribution in [0.25, 0.3) is 22.4 Å². The Bertz CT molecular complexity index is 1490. The topological polar surface area (TPSA) is 112 Å². The van der Waals surface area contributed by atoms with Crippen LogP contribution in [0.3, 0.4) is 0 Å². The second-order valence-electron chi connectivity index (χ2n) is 8.47. The van der Waals surface area contributed by atoms with Gasteiger partial charge in [-0.3, -0.25) is 4.79 Å². The predicted molar refractivity (Wildman–Crippen MR) is 148 cm³/mol. The summed E-state index contributed by atoms with van der Waals surface area (Å²) in [6.07, 6.45) is 0.185. The van der Waals surface area contributed by atoms with Crippen molar-refractivity contribution in [3.8, 4) is 34.2 Å². The zero-order chi connectivity index (χ0) is 27.1. The van der Waals surface area contributed by atoms with Crippen molar-refractivity contribution in [3.05, 3.63) is 95.6 Å². The van der Waals surface area contributed by atoms with E-state index in [1.807, 2.05) is 61.5 Å². The molecular weight excluding hydrogens is 498 g/mol. The number of carboxylic acids is 1. The van der Waals surface area contributed by atoms with E-state index in [1.165, 1.54) is 23.9 Å². The average Bonchev–Trinajstić information content (AvgIpc) is 2.93. The van der Waals surface area contributed by atoms with Gasteiger partial charge < -0.3 is 15.2 Å². The molecule has 7 nitrogen and oxygen atoms in total. The maximum Gasteiger partial charge on any atom is 0.335 e. The van der Waals surface area contributed by atoms with Crippen molar-refractivity contribution in [1.29, 1.82) is 5.26 Å². The quantitative estimate of drug-likeness (QED) is 0.243. The third-order valence-corrected chi connectivity index (χ3v) is 6.81. The molecule has 1 amide bonds. The lowest BCUT2D eigenvalue weighted by atomic mass is 9.98. The minimum Gasteiger partial charge on any atom is -0.497 e. The first-order valence-corrected chi connectivity index (χ1v) is 12.8. The molecule has 8 heteroatoms. The molecule has 1 aromatic heterocycles. The van der Waals surface area contributed by atoms with E-state index in [9.17, 15) is 14.9 Å². The predicted octanol–water partition coefficient (Wildman–Crippen LogP) is 6.42. The van der Waals surface area contributed by atoms with Crippen LogP contribution < -0.4 is 10.1 Å². The van der Waals surface area contributed by atoms with E-state index < -0.39 is 5.97 Å². The van der Waals surface area contributed by atoms with Crippen molar-refractivity contribution in [1.82, 2.24) is 4.98 Å². The number of carboxylic acid groups (broad SMARTS) is 1. The number of hydrogen-bond donors (Lipinski definition) is 2. The number of amides is 1. The summed E-state index contributed by atoms with van der Waals surface area (Å²) >= 11 is 1.35. The van der Waals surface area contributed by atoms with Gasteiger partial charge in [0.25, 0.3) is 0 Å². The number of nitriles is 1. The molecule has 0 saturated heterocycles. The molecule has 0 saturated carbocycles. The number of nitrogens with zero attached hydrogens (tertiary/aromatic N) is 2. The van der Waals surface area contributed by atoms with E-state index in [1.54, 1.807) is 19.2 Å². The normalized spacial score (nSPS) is 10.4. The van der Waals surface area contributed by atoms with Crippen molar-refractivity contribution >= 4 is 29.3 Å². The van der Waals surface area contributed by atoms with Crippen LogP contribution in [0.5, 0.6) is 5.75 Å². The first-order valence-electron chi connectivity index (χ1n) is 11.8. The van der Waals surface area contributed by atoms with Gasteiger partial charge in [0.15, 0.2) is 0 Å². The molecule has 190 valence electrons. The summed E-state index contributed by atoms with van der Waals surface area (Å²) in [4.78, 5) is 28.3. The van der Waals surface area contributed by atoms with Crippen molar-refractivity contribution in [2.75, 3.05) is 18.2 Å². The Hall–Kier alpha value is -4.61. The number of hydrogen-bond acceptors (Lipinski definition) is 6. The fourth-order valence-electron chi connectivity index (χ4n) is 3.76. The van der Waals surface area contributed by atoms with Crippen LogP contribution >= 0.6 is 11.8 Å². The molecule has 0 bridgehead atoms. The maximum absolute atomic E-state index is 12.5. The minimum absolute atomic E-state index is 0.148. The highest BCUT2D eigenvalue weighted by atomic mass is 32.2. The standard InChI is InChI=1S/C30H25N3O4S/c1-19-3-5-20(6-4-19)25-17-27(21-9-13-24(37-2)14-10-21)33-29(26(25)18-31)38-16-15-28(34)32-23-11-7-22(8-12-23)30(35)36/h3-14,17H,15-16H2,1-2H3,(H,32,34)(H,35,36). The summed E-state index contributed by atoms with van der Waals surface area (Å²) in [5.74, 6) is -0.106. The number of carbonyl (C=O) groups excluding carboxylic acids is 1. The molecule has 4 rings (SSSR count). The highest BCUT2D eigenvalue weighted by molar-refractivity contribution is 7.99. The molecule has 4 aromatic rings. The second-order valence-corrected chi connectivity index (χ2v) is 9.55. The Morgan fingerprint density at radius 2 is 1.66 bits per heavy atom. The van der Waals surface area contributed by atoms with Gasteiger partial charge >= 0.3 is 5.97 Å². The van der Waals surface area contributed by atoms with Gasteiger partial charge in [0.2, 0.25) is 5.91 Å². The molecule has 0 aliphatic heterocycles. The summed E-state index contributed by atoms with van der Waals surface area (Å²) in [6, 6.07) is 25.8. The number of aryl methyl sites for hydroxylation is 1. The number of ether oxygens (including phenoxy) is 1. The number of nitrogens with one attached hydrogen (secondary N) is 1. The Kier molecular flexibility index (Phi) is 8.41. The largest absolute Gasteiger partial charge is 0.497 e. The lowest BCUT2D eigenvalue weighted by Crippen LogP contribution is -2.12. The van der Waals surface area contributed by atoms with E-state index in [-0.39, 0.29) is 17.9 Å². The van der Waals surface area contributed by atoms with Crippen LogP contribution in [-0.2, 0) is 4.79 Å². The molecule has 3 aromatic carbocycles. The molecule has 0 fully saturated rings. The first kappa shape index (κ1) is 26.5. The number of methoxy groups -OCH3 is 1. The molecule has 0 aliphatic carbocycles. The zero-order valence-electron chi connectivity index (χ0n) is 20.9. The van der Waals surface area contributed by atoms with E-state index in [4.69, 9.17) is 14.8 Å². The van der Waals surface area contributed by atoms with Gasteiger partial charge in [-0.15, -0.1) is 11.8 Å². The molecule has 0 unspecified atom stereocenters. The zero-order valence-corrected chi connectivity index (χ0v) is 21.7. The van der Waals surface area contributed by atoms with Crippen molar-refractivity contribution in [3.63, 3.8) is 0 Å². The third kappa shape index (κ3) is 6.38. The smallest absolute Gasteiger partial charge is 0.335 e. The van der Waals surface area contributed by atoms with Gasteiger partial charge in [-0.25, -0.2) is 9.78 Å². The highest BCUT2D eigenvalue weighted by Crippen LogP contribution is 2.35. The summed E-state index contributed by atoms with van der Waals surface area (Å²) < 4.78 is 5.27. The Morgan fingerprint density at radius 3 is 2.26 bits per heavy atom. The average molecular weight is 524 g/mol. The van der Waals surface area contributed by atoms with Crippen LogP contribution in [-0.4, -0.2) is 34.8 Å². The van der Waals surface area contributed by atoms with Crippen molar-refractivity contribution < 1.29 is 19.4 Å². The summed E-state index contributed by atoms with van der Waals surface area (Å²) in [6.45, 7) is 2.01. The van der Waals surface area contributed by atoms with Gasteiger partial charge in [0.1, 0.15) is 16.8 Å². The second kappa shape index (κ2) is 12.1. The number of aromatic nitrogens is 1. The number of aromatic carboxylic acids is 1. The van der Waals surface area contributed by atoms with Gasteiger partial charge in [0, 0.05) is 29.0 Å². The van der Waals surface area contributed by atoms with E-state index in [0.717, 1.165) is 28.0 Å². The van der Waals surface area contributed by atoms with Crippen molar-refractivity contribution in [2.45, 2.75) is 18.4 Å². The molecule has 2 N–H and O–H groups in total. The fourth-order valence-corrected chi connectivity index (χ4v) is 4.71. The Morgan fingerprint density at radius 1 is 1.00 bits per heavy atom. The summed E-state index contributed by atoms with van der Waals surface area (Å²) in [5.41, 5.74) is 5.53. The molecule has 38 heavy (non-hydrogen) atoms. The van der Waals surface area contributed by atoms with E-state index in [0.29, 0.717) is 27.7 Å². The van der Waals surface area contributed by atoms with Crippen LogP contribution in [0.2, 0.25) is 0 Å². The van der Waals surface area contributed by atoms with Crippen LogP contribution in [0.1, 0.15) is 27.9 Å². The Labute approximate surface area is 225 Å². The minimum atomic E-state index is -1.03. The first-order chi connectivity index (χ1) is 18.4. The number of rotatable bonds is 9. The molecule has 0 atom stereocenters. The number of pyridine rings is 1. The van der Waals surface area contributed by atoms with Gasteiger partial charge in [-0.05, 0) is 67.1 Å². The number of benzene rings is 3. The van der Waals surface area contributed by atoms with Gasteiger partial charge in [0.05, 0.1) is 23.9 Å². The Balaban J connectivity index is 1.57. The molecule has 0 spiro atoms. The number of carbonyl (C=O) groups is 2.